The zero-order valence-corrected chi connectivity index (χ0v) is 17.0. The number of hydrogen-bond donors (Lipinski definition) is 3. The number of amides is 6. The predicted octanol–water partition coefficient (Wildman–Crippen LogP) is -0.0750. The number of nitrogens with zero attached hydrogens (tertiary/aromatic N) is 2. The van der Waals surface area contributed by atoms with E-state index in [0.717, 1.165) is 13.2 Å². The Bertz CT molecular complexity index is 602. The summed E-state index contributed by atoms with van der Waals surface area (Å²) in [5, 5.41) is 13.4. The molecule has 0 radical (unpaired) electrons. The Morgan fingerprint density at radius 3 is 1.97 bits per heavy atom. The summed E-state index contributed by atoms with van der Waals surface area (Å²) in [6.07, 6.45) is 0. The van der Waals surface area contributed by atoms with E-state index in [0.29, 0.717) is 6.61 Å². The van der Waals surface area contributed by atoms with E-state index < -0.39 is 17.1 Å². The van der Waals surface area contributed by atoms with E-state index in [1.165, 1.54) is 16.9 Å². The average molecular weight is 418 g/mol. The summed E-state index contributed by atoms with van der Waals surface area (Å²) >= 11 is 0. The maximum Gasteiger partial charge on any atom is 0.327 e. The fraction of sp³-hybridized carbons (Fsp3) is 0.778. The van der Waals surface area contributed by atoms with E-state index in [-0.39, 0.29) is 45.0 Å². The van der Waals surface area contributed by atoms with Gasteiger partial charge in [0.25, 0.3) is 11.8 Å². The molecule has 0 aromatic carbocycles. The topological polar surface area (TPSA) is 141 Å². The van der Waals surface area contributed by atoms with Crippen LogP contribution in [0.4, 0.5) is 9.59 Å². The maximum atomic E-state index is 12.0. The third kappa shape index (κ3) is 7.26. The highest BCUT2D eigenvalue weighted by Crippen LogP contribution is 2.26. The SMILES string of the molecule is C.C1CO1.CC1(C)NC(=O)NC1=O.COCCN1C(=O)N(CCO)C(C)(C)C1=O. The molecule has 11 nitrogen and oxygen atoms in total. The van der Waals surface area contributed by atoms with Crippen LogP contribution in [-0.2, 0) is 19.1 Å². The van der Waals surface area contributed by atoms with E-state index in [1.807, 2.05) is 0 Å². The molecule has 0 bridgehead atoms. The highest BCUT2D eigenvalue weighted by atomic mass is 16.6. The van der Waals surface area contributed by atoms with Gasteiger partial charge >= 0.3 is 12.1 Å². The number of nitrogens with one attached hydrogen (secondary N) is 2. The Hall–Kier alpha value is -2.24. The van der Waals surface area contributed by atoms with Crippen LogP contribution in [0, 0.1) is 0 Å². The normalized spacial score (nSPS) is 20.6. The number of ether oxygens (including phenoxy) is 2. The van der Waals surface area contributed by atoms with Crippen LogP contribution in [0.25, 0.3) is 0 Å². The van der Waals surface area contributed by atoms with E-state index in [1.54, 1.807) is 27.7 Å². The highest BCUT2D eigenvalue weighted by Gasteiger charge is 2.50. The number of imide groups is 2. The number of β-amino-alcohol motifs (C(OH)–C–C–N with tert-alkyl or cyclic N) is 1. The van der Waals surface area contributed by atoms with Crippen molar-refractivity contribution in [2.75, 3.05) is 46.6 Å². The minimum absolute atomic E-state index is 0. The minimum atomic E-state index is -0.881. The summed E-state index contributed by atoms with van der Waals surface area (Å²) in [7, 11) is 1.52. The van der Waals surface area contributed by atoms with E-state index >= 15 is 0 Å². The number of carbonyl (C=O) groups is 4. The number of carbonyl (C=O) groups excluding carboxylic acids is 4. The van der Waals surface area contributed by atoms with E-state index in [4.69, 9.17) is 9.84 Å². The van der Waals surface area contributed by atoms with E-state index in [9.17, 15) is 19.2 Å². The van der Waals surface area contributed by atoms with Crippen LogP contribution in [0.2, 0.25) is 0 Å². The molecule has 3 rings (SSSR count). The fourth-order valence-electron chi connectivity index (χ4n) is 2.40. The van der Waals surface area contributed by atoms with Gasteiger partial charge in [-0.15, -0.1) is 0 Å². The van der Waals surface area contributed by atoms with Crippen molar-refractivity contribution < 1.29 is 33.8 Å². The molecule has 3 aliphatic heterocycles. The van der Waals surface area contributed by atoms with Crippen LogP contribution in [0.5, 0.6) is 0 Å². The molecule has 0 unspecified atom stereocenters. The maximum absolute atomic E-state index is 12.0. The van der Waals surface area contributed by atoms with Crippen molar-refractivity contribution in [3.63, 3.8) is 0 Å². The molecule has 0 aromatic heterocycles. The van der Waals surface area contributed by atoms with Crippen molar-refractivity contribution in [3.05, 3.63) is 0 Å². The lowest BCUT2D eigenvalue weighted by Crippen LogP contribution is -2.45. The van der Waals surface area contributed by atoms with Gasteiger partial charge in [-0.3, -0.25) is 19.8 Å². The number of aliphatic hydroxyl groups excluding tert-OH is 1. The predicted molar refractivity (Wildman–Crippen MR) is 105 cm³/mol. The van der Waals surface area contributed by atoms with Gasteiger partial charge in [0, 0.05) is 13.7 Å². The summed E-state index contributed by atoms with van der Waals surface area (Å²) < 4.78 is 9.35. The lowest BCUT2D eigenvalue weighted by Gasteiger charge is -2.26. The Balaban J connectivity index is 0.000000503. The first-order chi connectivity index (χ1) is 13.0. The molecule has 29 heavy (non-hydrogen) atoms. The molecule has 3 aliphatic rings. The van der Waals surface area contributed by atoms with Crippen molar-refractivity contribution in [3.8, 4) is 0 Å². The zero-order chi connectivity index (χ0) is 21.5. The molecule has 11 heteroatoms. The first-order valence-electron chi connectivity index (χ1n) is 8.93. The van der Waals surface area contributed by atoms with Gasteiger partial charge in [-0.25, -0.2) is 9.59 Å². The standard InChI is InChI=1S/C10H18N2O4.C5H8N2O2.C2H4O.CH4/c1-10(2)8(14)11(5-7-16-3)9(15)12(10)4-6-13;1-5(2)3(8)6-4(9)7-5;1-2-3-1;/h13H,4-7H2,1-3H3;1-2H3,(H2,6,7,8,9);1-2H2;1H4. The Labute approximate surface area is 171 Å². The molecule has 3 fully saturated rings. The zero-order valence-electron chi connectivity index (χ0n) is 17.0. The van der Waals surface area contributed by atoms with Crippen molar-refractivity contribution in [1.82, 2.24) is 20.4 Å². The number of methoxy groups -OCH3 is 1. The fourth-order valence-corrected chi connectivity index (χ4v) is 2.40. The Kier molecular flexibility index (Phi) is 10.2. The molecule has 0 spiro atoms. The van der Waals surface area contributed by atoms with Gasteiger partial charge in [-0.05, 0) is 27.7 Å². The van der Waals surface area contributed by atoms with Crippen LogP contribution in [-0.4, -0.2) is 96.5 Å². The molecule has 0 aromatic rings. The largest absolute Gasteiger partial charge is 0.395 e. The molecule has 3 saturated heterocycles. The summed E-state index contributed by atoms with van der Waals surface area (Å²) in [4.78, 5) is 47.5. The lowest BCUT2D eigenvalue weighted by atomic mass is 10.0. The minimum Gasteiger partial charge on any atom is -0.395 e. The second-order valence-electron chi connectivity index (χ2n) is 7.31. The third-order valence-corrected chi connectivity index (χ3v) is 4.17. The van der Waals surface area contributed by atoms with Crippen LogP contribution >= 0.6 is 0 Å². The van der Waals surface area contributed by atoms with Crippen LogP contribution in [0.3, 0.4) is 0 Å². The number of hydrogen-bond acceptors (Lipinski definition) is 7. The van der Waals surface area contributed by atoms with Crippen molar-refractivity contribution in [2.45, 2.75) is 46.2 Å². The number of epoxide rings is 1. The number of rotatable bonds is 5. The van der Waals surface area contributed by atoms with Crippen LogP contribution in [0.15, 0.2) is 0 Å². The highest BCUT2D eigenvalue weighted by molar-refractivity contribution is 6.07. The van der Waals surface area contributed by atoms with E-state index in [2.05, 4.69) is 15.4 Å². The van der Waals surface area contributed by atoms with Gasteiger partial charge in [0.1, 0.15) is 11.1 Å². The van der Waals surface area contributed by atoms with Gasteiger partial charge in [0.15, 0.2) is 0 Å². The molecule has 3 heterocycles. The molecule has 0 saturated carbocycles. The molecule has 0 atom stereocenters. The van der Waals surface area contributed by atoms with Crippen molar-refractivity contribution >= 4 is 23.9 Å². The monoisotopic (exact) mass is 418 g/mol. The number of urea groups is 2. The van der Waals surface area contributed by atoms with Gasteiger partial charge in [-0.2, -0.15) is 0 Å². The quantitative estimate of drug-likeness (QED) is 0.419. The third-order valence-electron chi connectivity index (χ3n) is 4.17. The van der Waals surface area contributed by atoms with Crippen LogP contribution in [0.1, 0.15) is 35.1 Å². The molecular formula is C18H34N4O7. The summed E-state index contributed by atoms with van der Waals surface area (Å²) in [5.74, 6) is -0.518. The van der Waals surface area contributed by atoms with Crippen molar-refractivity contribution in [2.24, 2.45) is 0 Å². The molecule has 6 amide bonds. The summed E-state index contributed by atoms with van der Waals surface area (Å²) in [6, 6.07) is -0.772. The smallest absolute Gasteiger partial charge is 0.327 e. The van der Waals surface area contributed by atoms with Crippen LogP contribution < -0.4 is 10.6 Å². The molecule has 3 N–H and O–H groups in total. The Morgan fingerprint density at radius 1 is 1.10 bits per heavy atom. The lowest BCUT2D eigenvalue weighted by molar-refractivity contribution is -0.132. The second kappa shape index (κ2) is 11.1. The first kappa shape index (κ1) is 26.8. The van der Waals surface area contributed by atoms with Gasteiger partial charge in [0.2, 0.25) is 0 Å². The molecule has 168 valence electrons. The first-order valence-corrected chi connectivity index (χ1v) is 8.93. The second-order valence-corrected chi connectivity index (χ2v) is 7.31. The van der Waals surface area contributed by atoms with Gasteiger partial charge in [0.05, 0.1) is 33.0 Å². The average Bonchev–Trinajstić information content (AvgIpc) is 3.43. The summed E-state index contributed by atoms with van der Waals surface area (Å²) in [6.45, 7) is 9.23. The number of aliphatic hydroxyl groups is 1. The molecule has 0 aliphatic carbocycles. The molecular weight excluding hydrogens is 384 g/mol. The summed E-state index contributed by atoms with van der Waals surface area (Å²) in [5.41, 5.74) is -1.61. The van der Waals surface area contributed by atoms with Crippen molar-refractivity contribution in [1.29, 1.82) is 0 Å². The Morgan fingerprint density at radius 2 is 1.66 bits per heavy atom. The van der Waals surface area contributed by atoms with Gasteiger partial charge < -0.3 is 24.8 Å². The van der Waals surface area contributed by atoms with Gasteiger partial charge in [-0.1, -0.05) is 7.43 Å².